The Hall–Kier alpha value is -0.830. The van der Waals surface area contributed by atoms with E-state index >= 15 is 0 Å². The number of nitrogens with zero attached hydrogens (tertiary/aromatic N) is 2. The van der Waals surface area contributed by atoms with Crippen LogP contribution in [0.3, 0.4) is 0 Å². The second-order valence-electron chi connectivity index (χ2n) is 5.91. The Morgan fingerprint density at radius 1 is 1.33 bits per heavy atom. The average molecular weight is 387 g/mol. The smallest absolute Gasteiger partial charge is 0.230 e. The van der Waals surface area contributed by atoms with Gasteiger partial charge in [-0.15, -0.1) is 23.1 Å². The molecule has 8 heteroatoms. The summed E-state index contributed by atoms with van der Waals surface area (Å²) < 4.78 is 25.4. The van der Waals surface area contributed by atoms with Crippen molar-refractivity contribution in [2.45, 2.75) is 19.8 Å². The molecule has 132 valence electrons. The maximum atomic E-state index is 12.9. The molecule has 1 amide bonds. The van der Waals surface area contributed by atoms with E-state index in [0.717, 1.165) is 22.2 Å². The van der Waals surface area contributed by atoms with Gasteiger partial charge in [0.25, 0.3) is 0 Å². The van der Waals surface area contributed by atoms with Crippen molar-refractivity contribution in [3.05, 3.63) is 27.4 Å². The maximum Gasteiger partial charge on any atom is 0.230 e. The van der Waals surface area contributed by atoms with E-state index in [9.17, 15) is 13.2 Å². The predicted octanol–water partition coefficient (Wildman–Crippen LogP) is 2.68. The normalized spacial score (nSPS) is 22.4. The molecule has 0 saturated carbocycles. The molecule has 24 heavy (non-hydrogen) atoms. The Labute approximate surface area is 151 Å². The SMILES string of the molecule is CCS(=O)(=O)N1CCC(C(=O)N2CCS/C2=C/c2cccs2)CC1. The molecular weight excluding hydrogens is 364 g/mol. The molecular formula is C16H22N2O3S3. The average Bonchev–Trinajstić information content (AvgIpc) is 3.27. The molecule has 0 bridgehead atoms. The van der Waals surface area contributed by atoms with Crippen molar-refractivity contribution < 1.29 is 13.2 Å². The highest BCUT2D eigenvalue weighted by molar-refractivity contribution is 8.03. The number of piperidine rings is 1. The molecule has 5 nitrogen and oxygen atoms in total. The highest BCUT2D eigenvalue weighted by atomic mass is 32.2. The minimum Gasteiger partial charge on any atom is -0.306 e. The quantitative estimate of drug-likeness (QED) is 0.798. The number of hydrogen-bond donors (Lipinski definition) is 0. The second-order valence-corrected chi connectivity index (χ2v) is 10.3. The zero-order chi connectivity index (χ0) is 17.2. The van der Waals surface area contributed by atoms with Crippen LogP contribution in [-0.4, -0.2) is 54.7 Å². The van der Waals surface area contributed by atoms with E-state index < -0.39 is 10.0 Å². The first-order chi connectivity index (χ1) is 11.5. The summed E-state index contributed by atoms with van der Waals surface area (Å²) >= 11 is 3.38. The van der Waals surface area contributed by atoms with Crippen LogP contribution in [0.25, 0.3) is 6.08 Å². The molecule has 0 aliphatic carbocycles. The van der Waals surface area contributed by atoms with Gasteiger partial charge in [-0.2, -0.15) is 0 Å². The van der Waals surface area contributed by atoms with Gasteiger partial charge in [-0.25, -0.2) is 12.7 Å². The summed E-state index contributed by atoms with van der Waals surface area (Å²) in [5.41, 5.74) is 0. The number of carbonyl (C=O) groups excluding carboxylic acids is 1. The standard InChI is InChI=1S/C16H22N2O3S3/c1-2-24(20,21)17-7-5-13(6-8-17)16(19)18-9-11-23-15(18)12-14-4-3-10-22-14/h3-4,10,12-13H,2,5-9,11H2,1H3/b15-12+. The fourth-order valence-electron chi connectivity index (χ4n) is 3.05. The van der Waals surface area contributed by atoms with E-state index in [2.05, 4.69) is 6.08 Å². The second kappa shape index (κ2) is 7.59. The third-order valence-electron chi connectivity index (χ3n) is 4.47. The summed E-state index contributed by atoms with van der Waals surface area (Å²) in [6.07, 6.45) is 3.31. The van der Waals surface area contributed by atoms with Gasteiger partial charge in [0.1, 0.15) is 0 Å². The lowest BCUT2D eigenvalue weighted by Crippen LogP contribution is -2.43. The Morgan fingerprint density at radius 3 is 2.71 bits per heavy atom. The molecule has 0 spiro atoms. The van der Waals surface area contributed by atoms with Crippen LogP contribution in [0.2, 0.25) is 0 Å². The number of rotatable bonds is 4. The van der Waals surface area contributed by atoms with Gasteiger partial charge in [0.15, 0.2) is 0 Å². The Morgan fingerprint density at radius 2 is 2.08 bits per heavy atom. The van der Waals surface area contributed by atoms with Crippen LogP contribution in [0, 0.1) is 5.92 Å². The Bertz CT molecular complexity index is 705. The first-order valence-electron chi connectivity index (χ1n) is 8.18. The zero-order valence-electron chi connectivity index (χ0n) is 13.7. The van der Waals surface area contributed by atoms with Crippen molar-refractivity contribution in [1.29, 1.82) is 0 Å². The van der Waals surface area contributed by atoms with Crippen LogP contribution in [0.1, 0.15) is 24.6 Å². The molecule has 2 aliphatic heterocycles. The molecule has 1 aromatic rings. The van der Waals surface area contributed by atoms with Gasteiger partial charge >= 0.3 is 0 Å². The summed E-state index contributed by atoms with van der Waals surface area (Å²) in [6, 6.07) is 4.06. The van der Waals surface area contributed by atoms with E-state index in [-0.39, 0.29) is 17.6 Å². The lowest BCUT2D eigenvalue weighted by Gasteiger charge is -2.32. The van der Waals surface area contributed by atoms with Crippen molar-refractivity contribution in [2.24, 2.45) is 5.92 Å². The van der Waals surface area contributed by atoms with E-state index in [1.165, 1.54) is 4.31 Å². The van der Waals surface area contributed by atoms with Crippen molar-refractivity contribution in [2.75, 3.05) is 31.1 Å². The number of thiophene rings is 1. The van der Waals surface area contributed by atoms with E-state index in [1.807, 2.05) is 22.4 Å². The number of hydrogen-bond acceptors (Lipinski definition) is 5. The van der Waals surface area contributed by atoms with Gasteiger partial charge in [-0.3, -0.25) is 4.79 Å². The summed E-state index contributed by atoms with van der Waals surface area (Å²) in [4.78, 5) is 15.9. The van der Waals surface area contributed by atoms with Gasteiger partial charge < -0.3 is 4.90 Å². The highest BCUT2D eigenvalue weighted by Crippen LogP contribution is 2.33. The van der Waals surface area contributed by atoms with Crippen LogP contribution >= 0.6 is 23.1 Å². The zero-order valence-corrected chi connectivity index (χ0v) is 16.1. The van der Waals surface area contributed by atoms with Gasteiger partial charge in [-0.05, 0) is 37.3 Å². The summed E-state index contributed by atoms with van der Waals surface area (Å²) in [5.74, 6) is 1.13. The molecule has 3 rings (SSSR count). The lowest BCUT2D eigenvalue weighted by molar-refractivity contribution is -0.133. The van der Waals surface area contributed by atoms with Crippen LogP contribution in [0.15, 0.2) is 22.5 Å². The Kier molecular flexibility index (Phi) is 5.69. The molecule has 2 fully saturated rings. The summed E-state index contributed by atoms with van der Waals surface area (Å²) in [5, 5.41) is 3.05. The van der Waals surface area contributed by atoms with E-state index in [0.29, 0.717) is 25.9 Å². The third kappa shape index (κ3) is 3.87. The monoisotopic (exact) mass is 386 g/mol. The first kappa shape index (κ1) is 18.0. The van der Waals surface area contributed by atoms with E-state index in [4.69, 9.17) is 0 Å². The van der Waals surface area contributed by atoms with E-state index in [1.54, 1.807) is 30.0 Å². The third-order valence-corrected chi connectivity index (χ3v) is 8.19. The first-order valence-corrected chi connectivity index (χ1v) is 11.7. The molecule has 0 radical (unpaired) electrons. The number of amides is 1. The molecule has 2 saturated heterocycles. The van der Waals surface area contributed by atoms with Crippen molar-refractivity contribution in [3.63, 3.8) is 0 Å². The highest BCUT2D eigenvalue weighted by Gasteiger charge is 2.34. The van der Waals surface area contributed by atoms with Gasteiger partial charge in [0.2, 0.25) is 15.9 Å². The minimum atomic E-state index is -3.14. The fraction of sp³-hybridized carbons (Fsp3) is 0.562. The number of sulfonamides is 1. The molecule has 1 aromatic heterocycles. The van der Waals surface area contributed by atoms with Gasteiger partial charge in [-0.1, -0.05) is 6.07 Å². The van der Waals surface area contributed by atoms with Gasteiger partial charge in [0, 0.05) is 36.2 Å². The van der Waals surface area contributed by atoms with Crippen molar-refractivity contribution in [3.8, 4) is 0 Å². The maximum absolute atomic E-state index is 12.9. The van der Waals surface area contributed by atoms with Crippen molar-refractivity contribution in [1.82, 2.24) is 9.21 Å². The molecule has 0 N–H and O–H groups in total. The number of thioether (sulfide) groups is 1. The largest absolute Gasteiger partial charge is 0.306 e. The van der Waals surface area contributed by atoms with Crippen molar-refractivity contribution >= 4 is 45.1 Å². The Balaban J connectivity index is 1.65. The van der Waals surface area contributed by atoms with Crippen LogP contribution in [0.4, 0.5) is 0 Å². The molecule has 3 heterocycles. The summed E-state index contributed by atoms with van der Waals surface area (Å²) in [6.45, 7) is 3.32. The molecule has 0 unspecified atom stereocenters. The van der Waals surface area contributed by atoms with Crippen LogP contribution in [-0.2, 0) is 14.8 Å². The predicted molar refractivity (Wildman–Crippen MR) is 100 cm³/mol. The molecule has 2 aliphatic rings. The van der Waals surface area contributed by atoms with Crippen LogP contribution in [0.5, 0.6) is 0 Å². The molecule has 0 aromatic carbocycles. The van der Waals surface area contributed by atoms with Gasteiger partial charge in [0.05, 0.1) is 10.8 Å². The fourth-order valence-corrected chi connectivity index (χ4v) is 5.94. The number of carbonyl (C=O) groups is 1. The lowest BCUT2D eigenvalue weighted by atomic mass is 9.96. The topological polar surface area (TPSA) is 57.7 Å². The summed E-state index contributed by atoms with van der Waals surface area (Å²) in [7, 11) is -3.14. The molecule has 0 atom stereocenters. The van der Waals surface area contributed by atoms with Crippen LogP contribution < -0.4 is 0 Å². The minimum absolute atomic E-state index is 0.0706.